The van der Waals surface area contributed by atoms with Crippen LogP contribution in [0.25, 0.3) is 0 Å². The first-order chi connectivity index (χ1) is 9.83. The molecule has 112 valence electrons. The van der Waals surface area contributed by atoms with Crippen molar-refractivity contribution in [2.75, 3.05) is 0 Å². The van der Waals surface area contributed by atoms with E-state index in [0.29, 0.717) is 0 Å². The fourth-order valence-electron chi connectivity index (χ4n) is 1.93. The highest BCUT2D eigenvalue weighted by atomic mass is 19.4. The lowest BCUT2D eigenvalue weighted by Crippen LogP contribution is -2.36. The Hall–Kier alpha value is -1.95. The minimum Gasteiger partial charge on any atom is -0.246 e. The summed E-state index contributed by atoms with van der Waals surface area (Å²) < 4.78 is 70.1. The summed E-state index contributed by atoms with van der Waals surface area (Å²) in [7, 11) is 0. The number of hydrogen-bond acceptors (Lipinski definition) is 1. The minimum atomic E-state index is -5.32. The molecule has 0 bridgehead atoms. The predicted octanol–water partition coefficient (Wildman–Crippen LogP) is 5.06. The fourth-order valence-corrected chi connectivity index (χ4v) is 1.93. The molecule has 1 nitrogen and oxygen atoms in total. The number of halogens is 5. The van der Waals surface area contributed by atoms with Gasteiger partial charge in [-0.3, -0.25) is 0 Å². The second-order valence-electron chi connectivity index (χ2n) is 4.33. The molecule has 21 heavy (non-hydrogen) atoms. The zero-order chi connectivity index (χ0) is 15.5. The van der Waals surface area contributed by atoms with Gasteiger partial charge in [-0.25, -0.2) is 13.5 Å². The quantitative estimate of drug-likeness (QED) is 0.718. The summed E-state index contributed by atoms with van der Waals surface area (Å²) in [5, 5.41) is 0. The summed E-state index contributed by atoms with van der Waals surface area (Å²) >= 11 is 0. The zero-order valence-corrected chi connectivity index (χ0v) is 10.6. The van der Waals surface area contributed by atoms with Gasteiger partial charge >= 0.3 is 6.36 Å². The predicted molar refractivity (Wildman–Crippen MR) is 66.7 cm³/mol. The van der Waals surface area contributed by atoms with Crippen LogP contribution in [0.4, 0.5) is 22.0 Å². The fraction of sp³-hybridized carbons (Fsp3) is 0.200. The van der Waals surface area contributed by atoms with Crippen LogP contribution in [0.1, 0.15) is 17.3 Å². The number of ether oxygens (including phenoxy) is 1. The molecule has 0 heterocycles. The number of alkyl halides is 5. The van der Waals surface area contributed by atoms with Gasteiger partial charge in [0.25, 0.3) is 5.85 Å². The van der Waals surface area contributed by atoms with Crippen LogP contribution in [0.3, 0.4) is 0 Å². The summed E-state index contributed by atoms with van der Waals surface area (Å²) in [5.74, 6) is -3.65. The SMILES string of the molecule is FC(c1ccccc1)C(F)(OC(F)(F)F)c1ccccc1. The van der Waals surface area contributed by atoms with Crippen LogP contribution < -0.4 is 0 Å². The van der Waals surface area contributed by atoms with Gasteiger partial charge in [0.1, 0.15) is 0 Å². The lowest BCUT2D eigenvalue weighted by molar-refractivity contribution is -0.410. The van der Waals surface area contributed by atoms with Gasteiger partial charge in [0.2, 0.25) is 0 Å². The van der Waals surface area contributed by atoms with Gasteiger partial charge in [0.05, 0.1) is 0 Å². The monoisotopic (exact) mass is 302 g/mol. The maximum atomic E-state index is 14.8. The normalized spacial score (nSPS) is 16.2. The molecular formula is C15H11F5O. The van der Waals surface area contributed by atoms with Gasteiger partial charge in [-0.2, -0.15) is 0 Å². The average Bonchev–Trinajstić information content (AvgIpc) is 2.46. The Morgan fingerprint density at radius 1 is 0.762 bits per heavy atom. The number of rotatable bonds is 4. The van der Waals surface area contributed by atoms with E-state index >= 15 is 0 Å². The van der Waals surface area contributed by atoms with E-state index in [1.807, 2.05) is 0 Å². The van der Waals surface area contributed by atoms with Crippen LogP contribution in [-0.4, -0.2) is 6.36 Å². The summed E-state index contributed by atoms with van der Waals surface area (Å²) in [4.78, 5) is 0. The Kier molecular flexibility index (Phi) is 4.27. The topological polar surface area (TPSA) is 9.23 Å². The summed E-state index contributed by atoms with van der Waals surface area (Å²) in [6.45, 7) is 0. The van der Waals surface area contributed by atoms with Gasteiger partial charge in [0.15, 0.2) is 6.17 Å². The van der Waals surface area contributed by atoms with Crippen molar-refractivity contribution in [1.82, 2.24) is 0 Å². The van der Waals surface area contributed by atoms with Gasteiger partial charge in [-0.05, 0) is 5.56 Å². The van der Waals surface area contributed by atoms with Gasteiger partial charge in [0, 0.05) is 5.56 Å². The van der Waals surface area contributed by atoms with E-state index in [1.165, 1.54) is 42.5 Å². The smallest absolute Gasteiger partial charge is 0.246 e. The van der Waals surface area contributed by atoms with Crippen LogP contribution in [0.2, 0.25) is 0 Å². The molecule has 2 aromatic rings. The third kappa shape index (κ3) is 3.58. The van der Waals surface area contributed by atoms with E-state index in [4.69, 9.17) is 0 Å². The highest BCUT2D eigenvalue weighted by Crippen LogP contribution is 2.46. The molecule has 0 aliphatic rings. The maximum absolute atomic E-state index is 14.8. The Bertz CT molecular complexity index is 570. The molecular weight excluding hydrogens is 291 g/mol. The van der Waals surface area contributed by atoms with E-state index in [9.17, 15) is 22.0 Å². The lowest BCUT2D eigenvalue weighted by atomic mass is 9.97. The first-order valence-electron chi connectivity index (χ1n) is 6.03. The van der Waals surface area contributed by atoms with E-state index in [2.05, 4.69) is 4.74 Å². The molecule has 2 unspecified atom stereocenters. The van der Waals surface area contributed by atoms with Crippen molar-refractivity contribution in [1.29, 1.82) is 0 Å². The standard InChI is InChI=1S/C15H11F5O/c16-13(11-7-3-1-4-8-11)14(17,21-15(18,19)20)12-9-5-2-6-10-12/h1-10,13H. The Morgan fingerprint density at radius 3 is 1.71 bits per heavy atom. The molecule has 2 atom stereocenters. The maximum Gasteiger partial charge on any atom is 0.525 e. The highest BCUT2D eigenvalue weighted by Gasteiger charge is 2.52. The molecule has 0 radical (unpaired) electrons. The summed E-state index contributed by atoms with van der Waals surface area (Å²) in [6.07, 6.45) is -7.94. The number of benzene rings is 2. The van der Waals surface area contributed by atoms with Crippen molar-refractivity contribution in [3.8, 4) is 0 Å². The highest BCUT2D eigenvalue weighted by molar-refractivity contribution is 5.27. The molecule has 0 aliphatic carbocycles. The van der Waals surface area contributed by atoms with E-state index < -0.39 is 24.0 Å². The van der Waals surface area contributed by atoms with Gasteiger partial charge < -0.3 is 0 Å². The third-order valence-corrected chi connectivity index (χ3v) is 2.85. The Labute approximate surface area is 118 Å². The number of hydrogen-bond donors (Lipinski definition) is 0. The minimum absolute atomic E-state index is 0.242. The molecule has 0 saturated heterocycles. The van der Waals surface area contributed by atoms with Crippen molar-refractivity contribution in [3.05, 3.63) is 71.8 Å². The molecule has 0 aliphatic heterocycles. The second kappa shape index (κ2) is 5.81. The Morgan fingerprint density at radius 2 is 1.24 bits per heavy atom. The lowest BCUT2D eigenvalue weighted by Gasteiger charge is -2.30. The second-order valence-corrected chi connectivity index (χ2v) is 4.33. The van der Waals surface area contributed by atoms with E-state index in [1.54, 1.807) is 6.07 Å². The first-order valence-corrected chi connectivity index (χ1v) is 6.03. The molecule has 0 fully saturated rings. The van der Waals surface area contributed by atoms with Crippen LogP contribution in [-0.2, 0) is 10.6 Å². The molecule has 0 N–H and O–H groups in total. The van der Waals surface area contributed by atoms with Crippen LogP contribution in [0, 0.1) is 0 Å². The van der Waals surface area contributed by atoms with Crippen molar-refractivity contribution in [2.24, 2.45) is 0 Å². The summed E-state index contributed by atoms with van der Waals surface area (Å²) in [6, 6.07) is 12.9. The van der Waals surface area contributed by atoms with Crippen molar-refractivity contribution in [3.63, 3.8) is 0 Å². The van der Waals surface area contributed by atoms with Crippen LogP contribution in [0.5, 0.6) is 0 Å². The molecule has 2 rings (SSSR count). The van der Waals surface area contributed by atoms with E-state index in [-0.39, 0.29) is 5.56 Å². The van der Waals surface area contributed by atoms with Gasteiger partial charge in [-0.15, -0.1) is 13.2 Å². The van der Waals surface area contributed by atoms with Crippen molar-refractivity contribution < 1.29 is 26.7 Å². The Balaban J connectivity index is 2.46. The molecule has 6 heteroatoms. The molecule has 0 saturated carbocycles. The molecule has 2 aromatic carbocycles. The molecule has 0 spiro atoms. The van der Waals surface area contributed by atoms with Crippen LogP contribution >= 0.6 is 0 Å². The van der Waals surface area contributed by atoms with Crippen LogP contribution in [0.15, 0.2) is 60.7 Å². The third-order valence-electron chi connectivity index (χ3n) is 2.85. The molecule has 0 aromatic heterocycles. The zero-order valence-electron chi connectivity index (χ0n) is 10.6. The van der Waals surface area contributed by atoms with Crippen molar-refractivity contribution in [2.45, 2.75) is 18.4 Å². The van der Waals surface area contributed by atoms with Crippen molar-refractivity contribution >= 4 is 0 Å². The van der Waals surface area contributed by atoms with E-state index in [0.717, 1.165) is 12.1 Å². The average molecular weight is 302 g/mol. The first kappa shape index (κ1) is 15.4. The molecule has 0 amide bonds. The summed E-state index contributed by atoms with van der Waals surface area (Å²) in [5.41, 5.74) is -0.785. The van der Waals surface area contributed by atoms with Gasteiger partial charge in [-0.1, -0.05) is 60.7 Å². The largest absolute Gasteiger partial charge is 0.525 e.